The smallest absolute Gasteiger partial charge is 0.123 e. The number of benzene rings is 1. The molecular weight excluding hydrogens is 282 g/mol. The van der Waals surface area contributed by atoms with Crippen LogP contribution in [0.4, 0.5) is 0 Å². The van der Waals surface area contributed by atoms with Gasteiger partial charge >= 0.3 is 0 Å². The van der Waals surface area contributed by atoms with Gasteiger partial charge in [-0.05, 0) is 62.6 Å². The molecule has 3 rings (SSSR count). The first-order valence-corrected chi connectivity index (χ1v) is 8.82. The molecule has 0 spiro atoms. The Morgan fingerprint density at radius 3 is 2.35 bits per heavy atom. The number of hydrogen-bond acceptors (Lipinski definition) is 2. The van der Waals surface area contributed by atoms with Crippen molar-refractivity contribution < 1.29 is 4.74 Å². The van der Waals surface area contributed by atoms with Gasteiger partial charge < -0.3 is 10.1 Å². The Hall–Kier alpha value is -1.80. The van der Waals surface area contributed by atoms with Crippen molar-refractivity contribution in [3.8, 4) is 0 Å². The van der Waals surface area contributed by atoms with E-state index in [-0.39, 0.29) is 0 Å². The molecule has 1 aromatic rings. The second-order valence-corrected chi connectivity index (χ2v) is 5.53. The van der Waals surface area contributed by atoms with E-state index in [1.54, 1.807) is 5.57 Å². The zero-order valence-corrected chi connectivity index (χ0v) is 14.9. The topological polar surface area (TPSA) is 21.3 Å². The van der Waals surface area contributed by atoms with E-state index in [0.717, 1.165) is 31.7 Å². The van der Waals surface area contributed by atoms with Crippen molar-refractivity contribution in [3.63, 3.8) is 0 Å². The Bertz CT molecular complexity index is 614. The summed E-state index contributed by atoms with van der Waals surface area (Å²) in [5.41, 5.74) is 6.84. The van der Waals surface area contributed by atoms with Crippen molar-refractivity contribution in [1.29, 1.82) is 0 Å². The summed E-state index contributed by atoms with van der Waals surface area (Å²) >= 11 is 0. The first-order valence-electron chi connectivity index (χ1n) is 8.82. The maximum absolute atomic E-state index is 6.05. The summed E-state index contributed by atoms with van der Waals surface area (Å²) in [5, 5.41) is 3.45. The second-order valence-electron chi connectivity index (χ2n) is 5.53. The molecule has 1 saturated heterocycles. The Balaban J connectivity index is 0.000000924. The summed E-state index contributed by atoms with van der Waals surface area (Å²) in [4.78, 5) is 0. The van der Waals surface area contributed by atoms with Gasteiger partial charge in [0.05, 0.1) is 0 Å². The van der Waals surface area contributed by atoms with Crippen molar-refractivity contribution in [1.82, 2.24) is 5.32 Å². The SMILES string of the molecule is C/C=C1/C(=C2CCNCC2)c2ccccc2CO/C1=C/C.CC. The molecule has 124 valence electrons. The van der Waals surface area contributed by atoms with E-state index >= 15 is 0 Å². The Morgan fingerprint density at radius 1 is 1.00 bits per heavy atom. The summed E-state index contributed by atoms with van der Waals surface area (Å²) in [6, 6.07) is 8.66. The van der Waals surface area contributed by atoms with Crippen molar-refractivity contribution in [2.45, 2.75) is 47.1 Å². The van der Waals surface area contributed by atoms with Crippen LogP contribution in [-0.4, -0.2) is 13.1 Å². The first kappa shape index (κ1) is 17.6. The molecule has 0 atom stereocenters. The largest absolute Gasteiger partial charge is 0.489 e. The van der Waals surface area contributed by atoms with Crippen LogP contribution in [0.3, 0.4) is 0 Å². The second kappa shape index (κ2) is 8.73. The molecule has 2 heterocycles. The molecule has 0 aromatic heterocycles. The minimum Gasteiger partial charge on any atom is -0.489 e. The van der Waals surface area contributed by atoms with E-state index in [4.69, 9.17) is 4.74 Å². The summed E-state index contributed by atoms with van der Waals surface area (Å²) in [5.74, 6) is 1.01. The lowest BCUT2D eigenvalue weighted by atomic mass is 9.86. The highest BCUT2D eigenvalue weighted by Gasteiger charge is 2.24. The monoisotopic (exact) mass is 311 g/mol. The average Bonchev–Trinajstić information content (AvgIpc) is 2.80. The van der Waals surface area contributed by atoms with Crippen LogP contribution < -0.4 is 5.32 Å². The highest BCUT2D eigenvalue weighted by Crippen LogP contribution is 2.39. The van der Waals surface area contributed by atoms with Crippen LogP contribution in [0.5, 0.6) is 0 Å². The third-order valence-corrected chi connectivity index (χ3v) is 4.32. The molecule has 0 bridgehead atoms. The van der Waals surface area contributed by atoms with Crippen molar-refractivity contribution in [3.05, 3.63) is 64.4 Å². The van der Waals surface area contributed by atoms with Crippen molar-refractivity contribution in [2.75, 3.05) is 13.1 Å². The number of fused-ring (bicyclic) bond motifs is 1. The molecule has 0 unspecified atom stereocenters. The van der Waals surface area contributed by atoms with E-state index in [1.807, 2.05) is 13.8 Å². The molecule has 0 aliphatic carbocycles. The van der Waals surface area contributed by atoms with Gasteiger partial charge in [-0.2, -0.15) is 0 Å². The normalized spacial score (nSPS) is 21.2. The molecule has 2 nitrogen and oxygen atoms in total. The average molecular weight is 311 g/mol. The van der Waals surface area contributed by atoms with Gasteiger partial charge in [0.1, 0.15) is 12.4 Å². The molecule has 2 heteroatoms. The van der Waals surface area contributed by atoms with Crippen LogP contribution in [0.25, 0.3) is 5.57 Å². The van der Waals surface area contributed by atoms with E-state index < -0.39 is 0 Å². The molecule has 1 N–H and O–H groups in total. The fraction of sp³-hybridized carbons (Fsp3) is 0.429. The van der Waals surface area contributed by atoms with E-state index in [1.165, 1.54) is 22.3 Å². The van der Waals surface area contributed by atoms with Gasteiger partial charge in [-0.1, -0.05) is 49.8 Å². The van der Waals surface area contributed by atoms with Gasteiger partial charge in [0, 0.05) is 5.57 Å². The van der Waals surface area contributed by atoms with Crippen LogP contribution in [0.2, 0.25) is 0 Å². The maximum atomic E-state index is 6.05. The lowest BCUT2D eigenvalue weighted by Crippen LogP contribution is -2.24. The van der Waals surface area contributed by atoms with Crippen molar-refractivity contribution >= 4 is 5.57 Å². The van der Waals surface area contributed by atoms with E-state index in [2.05, 4.69) is 55.6 Å². The fourth-order valence-electron chi connectivity index (χ4n) is 3.28. The molecule has 2 aliphatic heterocycles. The maximum Gasteiger partial charge on any atom is 0.123 e. The molecule has 1 fully saturated rings. The zero-order valence-electron chi connectivity index (χ0n) is 14.9. The number of ether oxygens (including phenoxy) is 1. The highest BCUT2D eigenvalue weighted by atomic mass is 16.5. The minimum atomic E-state index is 0.655. The van der Waals surface area contributed by atoms with Crippen LogP contribution in [-0.2, 0) is 11.3 Å². The number of rotatable bonds is 0. The Kier molecular flexibility index (Phi) is 6.66. The van der Waals surface area contributed by atoms with Gasteiger partial charge in [-0.3, -0.25) is 0 Å². The minimum absolute atomic E-state index is 0.655. The third kappa shape index (κ3) is 3.76. The van der Waals surface area contributed by atoms with Crippen LogP contribution >= 0.6 is 0 Å². The Morgan fingerprint density at radius 2 is 1.70 bits per heavy atom. The highest BCUT2D eigenvalue weighted by molar-refractivity contribution is 5.87. The lowest BCUT2D eigenvalue weighted by Gasteiger charge is -2.22. The lowest BCUT2D eigenvalue weighted by molar-refractivity contribution is 0.210. The summed E-state index contributed by atoms with van der Waals surface area (Å²) in [7, 11) is 0. The molecule has 1 aromatic carbocycles. The number of hydrogen-bond donors (Lipinski definition) is 1. The molecule has 23 heavy (non-hydrogen) atoms. The number of nitrogens with one attached hydrogen (secondary N) is 1. The molecule has 0 amide bonds. The van der Waals surface area contributed by atoms with Crippen LogP contribution in [0, 0.1) is 0 Å². The summed E-state index contributed by atoms with van der Waals surface area (Å²) in [6.07, 6.45) is 6.53. The fourth-order valence-corrected chi connectivity index (χ4v) is 3.28. The van der Waals surface area contributed by atoms with Gasteiger partial charge in [-0.25, -0.2) is 0 Å². The van der Waals surface area contributed by atoms with Crippen LogP contribution in [0.1, 0.15) is 51.7 Å². The summed E-state index contributed by atoms with van der Waals surface area (Å²) in [6.45, 7) is 11.0. The predicted octanol–water partition coefficient (Wildman–Crippen LogP) is 5.23. The van der Waals surface area contributed by atoms with Crippen LogP contribution in [0.15, 0.2) is 53.3 Å². The van der Waals surface area contributed by atoms with Gasteiger partial charge in [-0.15, -0.1) is 0 Å². The van der Waals surface area contributed by atoms with Gasteiger partial charge in [0.15, 0.2) is 0 Å². The van der Waals surface area contributed by atoms with E-state index in [0.29, 0.717) is 6.61 Å². The van der Waals surface area contributed by atoms with E-state index in [9.17, 15) is 0 Å². The third-order valence-electron chi connectivity index (χ3n) is 4.32. The molecule has 0 radical (unpaired) electrons. The quantitative estimate of drug-likeness (QED) is 0.708. The van der Waals surface area contributed by atoms with Crippen molar-refractivity contribution in [2.24, 2.45) is 0 Å². The first-order chi connectivity index (χ1) is 11.3. The predicted molar refractivity (Wildman–Crippen MR) is 99.1 cm³/mol. The number of allylic oxidation sites excluding steroid dienone is 3. The standard InChI is InChI=1S/C19H23NO.C2H6/c1-3-16-18(4-2)21-13-15-7-5-6-8-17(15)19(16)14-9-11-20-12-10-14;1-2/h3-8,20H,9-13H2,1-2H3;1-2H3/b16-3+,18-4+;. The summed E-state index contributed by atoms with van der Waals surface area (Å²) < 4.78 is 6.05. The number of piperidine rings is 1. The van der Waals surface area contributed by atoms with Gasteiger partial charge in [0.25, 0.3) is 0 Å². The zero-order chi connectivity index (χ0) is 16.7. The van der Waals surface area contributed by atoms with Gasteiger partial charge in [0.2, 0.25) is 0 Å². The Labute approximate surface area is 140 Å². The molecular formula is C21H29NO. The molecule has 2 aliphatic rings. The molecule has 0 saturated carbocycles.